The molecule has 0 saturated carbocycles. The van der Waals surface area contributed by atoms with E-state index in [4.69, 9.17) is 10.5 Å². The number of hydrogen-bond acceptors (Lipinski definition) is 2. The van der Waals surface area contributed by atoms with Gasteiger partial charge >= 0.3 is 6.18 Å². The molecule has 0 saturated heterocycles. The Morgan fingerprint density at radius 3 is 1.94 bits per heavy atom. The van der Waals surface area contributed by atoms with E-state index in [-0.39, 0.29) is 6.07 Å². The van der Waals surface area contributed by atoms with Crippen molar-refractivity contribution in [3.05, 3.63) is 34.4 Å². The molecule has 82 valence electrons. The van der Waals surface area contributed by atoms with E-state index in [1.54, 1.807) is 0 Å². The second-order valence-corrected chi connectivity index (χ2v) is 2.70. The summed E-state index contributed by atoms with van der Waals surface area (Å²) in [7, 11) is 0. The number of rotatable bonds is 0. The van der Waals surface area contributed by atoms with Gasteiger partial charge in [0.25, 0.3) is 0 Å². The average Bonchev–Trinajstić information content (AvgIpc) is 2.17. The Kier molecular flexibility index (Phi) is 2.82. The Balaban J connectivity index is 3.70. The molecule has 0 N–H and O–H groups in total. The molecule has 2 nitrogen and oxygen atoms in total. The lowest BCUT2D eigenvalue weighted by atomic mass is 10.0. The highest BCUT2D eigenvalue weighted by atomic mass is 19.4. The fraction of sp³-hybridized carbons (Fsp3) is 0.111. The van der Waals surface area contributed by atoms with Gasteiger partial charge in [0.2, 0.25) is 0 Å². The molecule has 1 rings (SSSR count). The Bertz CT molecular complexity index is 519. The summed E-state index contributed by atoms with van der Waals surface area (Å²) >= 11 is 0. The van der Waals surface area contributed by atoms with Crippen LogP contribution >= 0.6 is 0 Å². The van der Waals surface area contributed by atoms with Crippen molar-refractivity contribution in [2.75, 3.05) is 0 Å². The maximum absolute atomic E-state index is 13.1. The first-order chi connectivity index (χ1) is 7.32. The van der Waals surface area contributed by atoms with Crippen LogP contribution in [-0.2, 0) is 6.18 Å². The van der Waals surface area contributed by atoms with Gasteiger partial charge in [-0.2, -0.15) is 23.7 Å². The highest BCUT2D eigenvalue weighted by Crippen LogP contribution is 2.34. The molecule has 0 aliphatic rings. The third-order valence-electron chi connectivity index (χ3n) is 1.74. The number of benzene rings is 1. The fourth-order valence-corrected chi connectivity index (χ4v) is 1.02. The van der Waals surface area contributed by atoms with Gasteiger partial charge in [-0.15, -0.1) is 0 Å². The summed E-state index contributed by atoms with van der Waals surface area (Å²) in [6, 6.07) is 2.10. The third-order valence-corrected chi connectivity index (χ3v) is 1.74. The van der Waals surface area contributed by atoms with Crippen LogP contribution in [0.15, 0.2) is 6.07 Å². The molecule has 0 radical (unpaired) electrons. The highest BCUT2D eigenvalue weighted by Gasteiger charge is 2.37. The lowest BCUT2D eigenvalue weighted by Gasteiger charge is -2.09. The van der Waals surface area contributed by atoms with E-state index in [1.807, 2.05) is 0 Å². The molecule has 0 atom stereocenters. The zero-order chi connectivity index (χ0) is 12.5. The molecule has 0 unspecified atom stereocenters. The fourth-order valence-electron chi connectivity index (χ4n) is 1.02. The first-order valence-electron chi connectivity index (χ1n) is 3.72. The Hall–Kier alpha value is -2.15. The number of halogens is 5. The van der Waals surface area contributed by atoms with E-state index in [2.05, 4.69) is 0 Å². The molecule has 0 aromatic heterocycles. The molecule has 0 amide bonds. The zero-order valence-corrected chi connectivity index (χ0v) is 7.36. The summed E-state index contributed by atoms with van der Waals surface area (Å²) in [5.41, 5.74) is -4.27. The SMILES string of the molecule is N#Cc1cc(C(F)(F)F)c(F)c(C#N)c1F. The molecule has 0 aliphatic carbocycles. The summed E-state index contributed by atoms with van der Waals surface area (Å²) < 4.78 is 62.8. The van der Waals surface area contributed by atoms with Crippen molar-refractivity contribution in [1.29, 1.82) is 10.5 Å². The minimum absolute atomic E-state index is 0.0332. The highest BCUT2D eigenvalue weighted by molar-refractivity contribution is 5.46. The molecule has 0 spiro atoms. The first-order valence-corrected chi connectivity index (χ1v) is 3.72. The van der Waals surface area contributed by atoms with Crippen molar-refractivity contribution in [2.24, 2.45) is 0 Å². The monoisotopic (exact) mass is 232 g/mol. The van der Waals surface area contributed by atoms with E-state index in [0.29, 0.717) is 0 Å². The zero-order valence-electron chi connectivity index (χ0n) is 7.36. The molecule has 1 aromatic rings. The van der Waals surface area contributed by atoms with Crippen LogP contribution in [0.2, 0.25) is 0 Å². The van der Waals surface area contributed by atoms with Gasteiger partial charge < -0.3 is 0 Å². The smallest absolute Gasteiger partial charge is 0.205 e. The quantitative estimate of drug-likeness (QED) is 0.645. The topological polar surface area (TPSA) is 47.6 Å². The van der Waals surface area contributed by atoms with Crippen molar-refractivity contribution in [3.8, 4) is 12.1 Å². The number of hydrogen-bond donors (Lipinski definition) is 0. The molecular formula is C9HF5N2. The van der Waals surface area contributed by atoms with Gasteiger partial charge in [-0.1, -0.05) is 0 Å². The molecule has 16 heavy (non-hydrogen) atoms. The molecule has 0 heterocycles. The predicted molar refractivity (Wildman–Crippen MR) is 40.8 cm³/mol. The molecule has 0 aliphatic heterocycles. The van der Waals surface area contributed by atoms with Crippen molar-refractivity contribution in [2.45, 2.75) is 6.18 Å². The van der Waals surface area contributed by atoms with Crippen LogP contribution in [0.3, 0.4) is 0 Å². The van der Waals surface area contributed by atoms with Crippen molar-refractivity contribution < 1.29 is 22.0 Å². The standard InChI is InChI=1S/C9HF5N2/c10-7-4(2-15)1-6(9(12,13)14)8(11)5(7)3-16/h1H. The van der Waals surface area contributed by atoms with E-state index in [9.17, 15) is 22.0 Å². The summed E-state index contributed by atoms with van der Waals surface area (Å²) in [5, 5.41) is 16.6. The summed E-state index contributed by atoms with van der Waals surface area (Å²) in [6.45, 7) is 0. The van der Waals surface area contributed by atoms with Gasteiger partial charge in [0.15, 0.2) is 11.6 Å². The molecule has 0 fully saturated rings. The van der Waals surface area contributed by atoms with Crippen molar-refractivity contribution in [1.82, 2.24) is 0 Å². The summed E-state index contributed by atoms with van der Waals surface area (Å²) in [6.07, 6.45) is -5.09. The second-order valence-electron chi connectivity index (χ2n) is 2.70. The van der Waals surface area contributed by atoms with Gasteiger partial charge in [0.05, 0.1) is 11.1 Å². The normalized spacial score (nSPS) is 10.7. The molecule has 0 bridgehead atoms. The lowest BCUT2D eigenvalue weighted by molar-refractivity contribution is -0.140. The van der Waals surface area contributed by atoms with Crippen molar-refractivity contribution >= 4 is 0 Å². The van der Waals surface area contributed by atoms with Crippen LogP contribution in [0.25, 0.3) is 0 Å². The van der Waals surface area contributed by atoms with E-state index in [1.165, 1.54) is 0 Å². The molecule has 1 aromatic carbocycles. The van der Waals surface area contributed by atoms with Gasteiger partial charge in [0, 0.05) is 0 Å². The van der Waals surface area contributed by atoms with Gasteiger partial charge in [-0.05, 0) is 6.07 Å². The van der Waals surface area contributed by atoms with E-state index in [0.717, 1.165) is 12.1 Å². The van der Waals surface area contributed by atoms with Crippen LogP contribution in [0.4, 0.5) is 22.0 Å². The predicted octanol–water partition coefficient (Wildman–Crippen LogP) is 2.73. The largest absolute Gasteiger partial charge is 0.419 e. The Labute approximate surface area is 86.1 Å². The minimum Gasteiger partial charge on any atom is -0.205 e. The van der Waals surface area contributed by atoms with E-state index < -0.39 is 34.5 Å². The van der Waals surface area contributed by atoms with Crippen LogP contribution in [-0.4, -0.2) is 0 Å². The van der Waals surface area contributed by atoms with Crippen LogP contribution < -0.4 is 0 Å². The van der Waals surface area contributed by atoms with Gasteiger partial charge in [0.1, 0.15) is 17.7 Å². The van der Waals surface area contributed by atoms with Crippen LogP contribution in [0, 0.1) is 34.3 Å². The summed E-state index contributed by atoms with van der Waals surface area (Å²) in [5.74, 6) is -3.60. The van der Waals surface area contributed by atoms with Crippen molar-refractivity contribution in [3.63, 3.8) is 0 Å². The molecule has 7 heteroatoms. The Morgan fingerprint density at radius 2 is 1.56 bits per heavy atom. The molecular weight excluding hydrogens is 231 g/mol. The minimum atomic E-state index is -5.09. The van der Waals surface area contributed by atoms with Gasteiger partial charge in [-0.3, -0.25) is 0 Å². The van der Waals surface area contributed by atoms with Gasteiger partial charge in [-0.25, -0.2) is 8.78 Å². The average molecular weight is 232 g/mol. The number of nitriles is 2. The lowest BCUT2D eigenvalue weighted by Crippen LogP contribution is -2.11. The number of nitrogens with zero attached hydrogens (tertiary/aromatic N) is 2. The Morgan fingerprint density at radius 1 is 1.00 bits per heavy atom. The maximum atomic E-state index is 13.1. The maximum Gasteiger partial charge on any atom is 0.419 e. The van der Waals surface area contributed by atoms with Crippen LogP contribution in [0.5, 0.6) is 0 Å². The van der Waals surface area contributed by atoms with Crippen LogP contribution in [0.1, 0.15) is 16.7 Å². The van der Waals surface area contributed by atoms with E-state index >= 15 is 0 Å². The first kappa shape index (κ1) is 11.9. The summed E-state index contributed by atoms with van der Waals surface area (Å²) in [4.78, 5) is 0. The second kappa shape index (κ2) is 3.78. The number of alkyl halides is 3. The third kappa shape index (κ3) is 1.80.